The Balaban J connectivity index is 3.53. The molecule has 0 atom stereocenters. The summed E-state index contributed by atoms with van der Waals surface area (Å²) >= 11 is 0. The van der Waals surface area contributed by atoms with E-state index in [0.29, 0.717) is 0 Å². The molecule has 0 amide bonds. The van der Waals surface area contributed by atoms with Gasteiger partial charge >= 0.3 is 5.97 Å². The lowest BCUT2D eigenvalue weighted by Gasteiger charge is -2.02. The molecule has 6 heteroatoms. The minimum Gasteiger partial charge on any atom is -0.503 e. The number of rotatable bonds is 1. The van der Waals surface area contributed by atoms with Gasteiger partial charge in [0.2, 0.25) is 0 Å². The van der Waals surface area contributed by atoms with Gasteiger partial charge in [-0.3, -0.25) is 0 Å². The molecular formula is C7H3F3O3. The van der Waals surface area contributed by atoms with Crippen LogP contribution < -0.4 is 0 Å². The van der Waals surface area contributed by atoms with E-state index in [1.54, 1.807) is 0 Å². The second-order valence-corrected chi connectivity index (χ2v) is 2.18. The number of carbonyl (C=O) groups is 1. The summed E-state index contributed by atoms with van der Waals surface area (Å²) in [5, 5.41) is 16.8. The van der Waals surface area contributed by atoms with Gasteiger partial charge in [0, 0.05) is 6.07 Å². The second-order valence-electron chi connectivity index (χ2n) is 2.18. The first-order valence-electron chi connectivity index (χ1n) is 3.05. The van der Waals surface area contributed by atoms with E-state index in [0.717, 1.165) is 0 Å². The van der Waals surface area contributed by atoms with Crippen LogP contribution in [0.3, 0.4) is 0 Å². The number of carboxylic acid groups (broad SMARTS) is 1. The van der Waals surface area contributed by atoms with Crippen molar-refractivity contribution in [2.75, 3.05) is 0 Å². The third-order valence-corrected chi connectivity index (χ3v) is 1.36. The molecule has 13 heavy (non-hydrogen) atoms. The van der Waals surface area contributed by atoms with Gasteiger partial charge in [0.15, 0.2) is 17.4 Å². The zero-order chi connectivity index (χ0) is 10.2. The van der Waals surface area contributed by atoms with Crippen molar-refractivity contribution in [1.82, 2.24) is 0 Å². The Morgan fingerprint density at radius 1 is 1.23 bits per heavy atom. The SMILES string of the molecule is O=C(O)c1c(F)cc(F)c(O)c1F. The largest absolute Gasteiger partial charge is 0.503 e. The Morgan fingerprint density at radius 3 is 2.23 bits per heavy atom. The van der Waals surface area contributed by atoms with Crippen molar-refractivity contribution in [3.05, 3.63) is 29.1 Å². The molecule has 0 aliphatic carbocycles. The van der Waals surface area contributed by atoms with Crippen LogP contribution in [0, 0.1) is 17.5 Å². The number of carboxylic acids is 1. The summed E-state index contributed by atoms with van der Waals surface area (Å²) in [4.78, 5) is 10.2. The molecule has 0 unspecified atom stereocenters. The van der Waals surface area contributed by atoms with Crippen LogP contribution in [0.15, 0.2) is 6.07 Å². The molecule has 0 radical (unpaired) electrons. The van der Waals surface area contributed by atoms with E-state index in [2.05, 4.69) is 0 Å². The fraction of sp³-hybridized carbons (Fsp3) is 0. The average Bonchev–Trinajstić information content (AvgIpc) is 1.99. The van der Waals surface area contributed by atoms with Crippen molar-refractivity contribution in [3.63, 3.8) is 0 Å². The summed E-state index contributed by atoms with van der Waals surface area (Å²) in [5.74, 6) is -8.34. The molecule has 2 N–H and O–H groups in total. The minimum absolute atomic E-state index is 0.0991. The molecule has 0 aliphatic rings. The lowest BCUT2D eigenvalue weighted by Crippen LogP contribution is -2.05. The lowest BCUT2D eigenvalue weighted by atomic mass is 10.2. The summed E-state index contributed by atoms with van der Waals surface area (Å²) in [6, 6.07) is 0.0991. The number of halogens is 3. The van der Waals surface area contributed by atoms with E-state index in [1.165, 1.54) is 0 Å². The molecule has 0 heterocycles. The van der Waals surface area contributed by atoms with Gasteiger partial charge < -0.3 is 10.2 Å². The van der Waals surface area contributed by atoms with E-state index in [1.807, 2.05) is 0 Å². The molecule has 0 fully saturated rings. The van der Waals surface area contributed by atoms with Gasteiger partial charge in [-0.2, -0.15) is 0 Å². The van der Waals surface area contributed by atoms with Crippen molar-refractivity contribution in [3.8, 4) is 5.75 Å². The number of hydrogen-bond acceptors (Lipinski definition) is 2. The Labute approximate surface area is 70.0 Å². The number of benzene rings is 1. The van der Waals surface area contributed by atoms with Crippen molar-refractivity contribution < 1.29 is 28.2 Å². The molecule has 70 valence electrons. The Kier molecular flexibility index (Phi) is 2.14. The first-order valence-corrected chi connectivity index (χ1v) is 3.05. The third-order valence-electron chi connectivity index (χ3n) is 1.36. The second kappa shape index (κ2) is 2.96. The van der Waals surface area contributed by atoms with Gasteiger partial charge in [0.05, 0.1) is 0 Å². The number of phenols is 1. The molecule has 0 saturated carbocycles. The zero-order valence-electron chi connectivity index (χ0n) is 6.01. The molecule has 0 aliphatic heterocycles. The molecule has 1 aromatic rings. The maximum Gasteiger partial charge on any atom is 0.341 e. The van der Waals surface area contributed by atoms with Crippen LogP contribution in [0.25, 0.3) is 0 Å². The summed E-state index contributed by atoms with van der Waals surface area (Å²) in [6.07, 6.45) is 0. The number of hydrogen-bond donors (Lipinski definition) is 2. The highest BCUT2D eigenvalue weighted by Crippen LogP contribution is 2.25. The Morgan fingerprint density at radius 2 is 1.77 bits per heavy atom. The fourth-order valence-electron chi connectivity index (χ4n) is 0.776. The van der Waals surface area contributed by atoms with Crippen molar-refractivity contribution >= 4 is 5.97 Å². The van der Waals surface area contributed by atoms with E-state index in [4.69, 9.17) is 10.2 Å². The van der Waals surface area contributed by atoms with Crippen LogP contribution in [-0.4, -0.2) is 16.2 Å². The van der Waals surface area contributed by atoms with Gasteiger partial charge in [0.25, 0.3) is 0 Å². The maximum atomic E-state index is 12.7. The number of aromatic hydroxyl groups is 1. The first-order chi connectivity index (χ1) is 5.95. The summed E-state index contributed by atoms with van der Waals surface area (Å²) in [6.45, 7) is 0. The molecule has 1 aromatic carbocycles. The standard InChI is InChI=1S/C7H3F3O3/c8-2-1-3(9)6(11)5(10)4(2)7(12)13/h1,11H,(H,12,13). The predicted molar refractivity (Wildman–Crippen MR) is 34.9 cm³/mol. The number of aromatic carboxylic acids is 1. The van der Waals surface area contributed by atoms with Gasteiger partial charge in [0.1, 0.15) is 11.4 Å². The van der Waals surface area contributed by atoms with Gasteiger partial charge in [-0.25, -0.2) is 18.0 Å². The van der Waals surface area contributed by atoms with E-state index in [9.17, 15) is 18.0 Å². The first kappa shape index (κ1) is 9.37. The smallest absolute Gasteiger partial charge is 0.341 e. The molecule has 0 bridgehead atoms. The topological polar surface area (TPSA) is 57.5 Å². The van der Waals surface area contributed by atoms with Crippen LogP contribution in [0.2, 0.25) is 0 Å². The van der Waals surface area contributed by atoms with Crippen LogP contribution in [0.5, 0.6) is 5.75 Å². The van der Waals surface area contributed by atoms with Crippen molar-refractivity contribution in [2.24, 2.45) is 0 Å². The highest BCUT2D eigenvalue weighted by atomic mass is 19.1. The van der Waals surface area contributed by atoms with Gasteiger partial charge in [-0.1, -0.05) is 0 Å². The molecule has 0 aromatic heterocycles. The van der Waals surface area contributed by atoms with Crippen LogP contribution in [-0.2, 0) is 0 Å². The molecule has 1 rings (SSSR count). The molecular weight excluding hydrogens is 189 g/mol. The lowest BCUT2D eigenvalue weighted by molar-refractivity contribution is 0.0685. The number of phenolic OH excluding ortho intramolecular Hbond substituents is 1. The fourth-order valence-corrected chi connectivity index (χ4v) is 0.776. The normalized spacial score (nSPS) is 10.1. The quantitative estimate of drug-likeness (QED) is 0.708. The van der Waals surface area contributed by atoms with E-state index < -0.39 is 34.7 Å². The van der Waals surface area contributed by atoms with Crippen molar-refractivity contribution in [1.29, 1.82) is 0 Å². The minimum atomic E-state index is -1.91. The van der Waals surface area contributed by atoms with Crippen LogP contribution in [0.1, 0.15) is 10.4 Å². The summed E-state index contributed by atoms with van der Waals surface area (Å²) < 4.78 is 37.6. The maximum absolute atomic E-state index is 12.7. The highest BCUT2D eigenvalue weighted by molar-refractivity contribution is 5.88. The van der Waals surface area contributed by atoms with Crippen LogP contribution >= 0.6 is 0 Å². The average molecular weight is 192 g/mol. The summed E-state index contributed by atoms with van der Waals surface area (Å²) in [7, 11) is 0. The Bertz CT molecular complexity index is 376. The Hall–Kier alpha value is -1.72. The zero-order valence-corrected chi connectivity index (χ0v) is 6.01. The van der Waals surface area contributed by atoms with Crippen molar-refractivity contribution in [2.45, 2.75) is 0 Å². The molecule has 3 nitrogen and oxygen atoms in total. The molecule has 0 saturated heterocycles. The van der Waals surface area contributed by atoms with E-state index in [-0.39, 0.29) is 6.07 Å². The van der Waals surface area contributed by atoms with Gasteiger partial charge in [-0.15, -0.1) is 0 Å². The van der Waals surface area contributed by atoms with E-state index >= 15 is 0 Å². The van der Waals surface area contributed by atoms with Gasteiger partial charge in [-0.05, 0) is 0 Å². The highest BCUT2D eigenvalue weighted by Gasteiger charge is 2.22. The van der Waals surface area contributed by atoms with Crippen LogP contribution in [0.4, 0.5) is 13.2 Å². The summed E-state index contributed by atoms with van der Waals surface area (Å²) in [5.41, 5.74) is -1.38. The monoisotopic (exact) mass is 192 g/mol. The third kappa shape index (κ3) is 1.42. The predicted octanol–water partition coefficient (Wildman–Crippen LogP) is 1.51. The molecule has 0 spiro atoms.